The topological polar surface area (TPSA) is 37.3 Å². The van der Waals surface area contributed by atoms with Crippen LogP contribution < -0.4 is 0 Å². The zero-order valence-electron chi connectivity index (χ0n) is 10.7. The van der Waals surface area contributed by atoms with Gasteiger partial charge in [0.2, 0.25) is 0 Å². The van der Waals surface area contributed by atoms with Gasteiger partial charge in [-0.2, -0.15) is 11.8 Å². The molecule has 0 aliphatic carbocycles. The van der Waals surface area contributed by atoms with Gasteiger partial charge in [-0.15, -0.1) is 0 Å². The lowest BCUT2D eigenvalue weighted by molar-refractivity contribution is -0.140. The third kappa shape index (κ3) is 9.08. The Hall–Kier alpha value is -0.180. The van der Waals surface area contributed by atoms with Gasteiger partial charge in [0.15, 0.2) is 0 Å². The zero-order chi connectivity index (χ0) is 12.2. The monoisotopic (exact) mass is 246 g/mol. The third-order valence-corrected chi connectivity index (χ3v) is 4.02. The maximum absolute atomic E-state index is 10.8. The van der Waals surface area contributed by atoms with Crippen molar-refractivity contribution < 1.29 is 9.90 Å². The average Bonchev–Trinajstić information content (AvgIpc) is 2.26. The Morgan fingerprint density at radius 1 is 1.12 bits per heavy atom. The Balaban J connectivity index is 3.22. The molecule has 0 aromatic rings. The zero-order valence-corrected chi connectivity index (χ0v) is 11.5. The van der Waals surface area contributed by atoms with Crippen LogP contribution in [0.5, 0.6) is 0 Å². The first-order valence-corrected chi connectivity index (χ1v) is 7.68. The van der Waals surface area contributed by atoms with E-state index in [-0.39, 0.29) is 5.92 Å². The number of carboxylic acid groups (broad SMARTS) is 1. The summed E-state index contributed by atoms with van der Waals surface area (Å²) in [6.07, 6.45) is 8.63. The van der Waals surface area contributed by atoms with Crippen LogP contribution in [-0.2, 0) is 4.79 Å². The van der Waals surface area contributed by atoms with E-state index in [0.29, 0.717) is 0 Å². The summed E-state index contributed by atoms with van der Waals surface area (Å²) < 4.78 is 0. The Morgan fingerprint density at radius 2 is 1.75 bits per heavy atom. The number of unbranched alkanes of at least 4 members (excludes halogenated alkanes) is 5. The largest absolute Gasteiger partial charge is 0.481 e. The lowest BCUT2D eigenvalue weighted by Crippen LogP contribution is -2.15. The highest BCUT2D eigenvalue weighted by Gasteiger charge is 2.13. The molecule has 0 spiro atoms. The van der Waals surface area contributed by atoms with Crippen molar-refractivity contribution in [2.45, 2.75) is 58.8 Å². The number of aliphatic carboxylic acids is 1. The van der Waals surface area contributed by atoms with Gasteiger partial charge in [0.25, 0.3) is 0 Å². The summed E-state index contributed by atoms with van der Waals surface area (Å²) in [6, 6.07) is 0. The van der Waals surface area contributed by atoms with Crippen molar-refractivity contribution in [1.82, 2.24) is 0 Å². The molecule has 0 aromatic heterocycles. The van der Waals surface area contributed by atoms with Gasteiger partial charge in [0.05, 0.1) is 5.92 Å². The molecule has 0 radical (unpaired) electrons. The molecule has 0 aromatic carbocycles. The summed E-state index contributed by atoms with van der Waals surface area (Å²) in [6.45, 7) is 4.18. The Morgan fingerprint density at radius 3 is 2.31 bits per heavy atom. The summed E-state index contributed by atoms with van der Waals surface area (Å²) in [5.74, 6) is 1.11. The molecule has 0 bridgehead atoms. The third-order valence-electron chi connectivity index (χ3n) is 2.80. The summed E-state index contributed by atoms with van der Waals surface area (Å²) >= 11 is 1.80. The lowest BCUT2D eigenvalue weighted by Gasteiger charge is -2.08. The van der Waals surface area contributed by atoms with E-state index in [1.54, 1.807) is 11.8 Å². The van der Waals surface area contributed by atoms with Crippen LogP contribution in [0, 0.1) is 5.92 Å². The van der Waals surface area contributed by atoms with E-state index in [9.17, 15) is 4.79 Å². The SMILES string of the molecule is CCCCCCCCSCC(CC)C(=O)O. The predicted molar refractivity (Wildman–Crippen MR) is 72.1 cm³/mol. The minimum atomic E-state index is -0.641. The molecule has 0 saturated heterocycles. The second-order valence-electron chi connectivity index (χ2n) is 4.29. The fraction of sp³-hybridized carbons (Fsp3) is 0.923. The summed E-state index contributed by atoms with van der Waals surface area (Å²) in [7, 11) is 0. The van der Waals surface area contributed by atoms with E-state index in [2.05, 4.69) is 6.92 Å². The van der Waals surface area contributed by atoms with E-state index in [1.807, 2.05) is 6.92 Å². The van der Waals surface area contributed by atoms with Gasteiger partial charge in [-0.25, -0.2) is 0 Å². The first-order chi connectivity index (χ1) is 7.72. The number of carboxylic acids is 1. The highest BCUT2D eigenvalue weighted by atomic mass is 32.2. The van der Waals surface area contributed by atoms with Gasteiger partial charge in [-0.1, -0.05) is 46.0 Å². The number of hydrogen-bond donors (Lipinski definition) is 1. The molecule has 96 valence electrons. The quantitative estimate of drug-likeness (QED) is 0.555. The fourth-order valence-electron chi connectivity index (χ4n) is 1.57. The lowest BCUT2D eigenvalue weighted by atomic mass is 10.1. The molecule has 16 heavy (non-hydrogen) atoms. The highest BCUT2D eigenvalue weighted by molar-refractivity contribution is 7.99. The molecule has 1 unspecified atom stereocenters. The molecule has 0 aliphatic heterocycles. The van der Waals surface area contributed by atoms with Crippen LogP contribution in [0.15, 0.2) is 0 Å². The molecule has 3 heteroatoms. The Kier molecular flexibility index (Phi) is 11.2. The van der Waals surface area contributed by atoms with Crippen molar-refractivity contribution in [3.63, 3.8) is 0 Å². The first-order valence-electron chi connectivity index (χ1n) is 6.52. The van der Waals surface area contributed by atoms with Gasteiger partial charge < -0.3 is 5.11 Å². The van der Waals surface area contributed by atoms with Crippen molar-refractivity contribution in [2.75, 3.05) is 11.5 Å². The number of thioether (sulfide) groups is 1. The molecule has 0 rings (SSSR count). The standard InChI is InChI=1S/C13H26O2S/c1-3-5-6-7-8-9-10-16-11-12(4-2)13(14)15/h12H,3-11H2,1-2H3,(H,14,15). The van der Waals surface area contributed by atoms with Crippen molar-refractivity contribution in [1.29, 1.82) is 0 Å². The van der Waals surface area contributed by atoms with Gasteiger partial charge in [-0.3, -0.25) is 4.79 Å². The molecular weight excluding hydrogens is 220 g/mol. The van der Waals surface area contributed by atoms with Crippen molar-refractivity contribution in [2.24, 2.45) is 5.92 Å². The average molecular weight is 246 g/mol. The van der Waals surface area contributed by atoms with Crippen LogP contribution in [0.3, 0.4) is 0 Å². The number of hydrogen-bond acceptors (Lipinski definition) is 2. The van der Waals surface area contributed by atoms with E-state index in [4.69, 9.17) is 5.11 Å². The number of carbonyl (C=O) groups is 1. The van der Waals surface area contributed by atoms with Crippen LogP contribution in [0.4, 0.5) is 0 Å². The van der Waals surface area contributed by atoms with Crippen LogP contribution in [0.1, 0.15) is 58.8 Å². The fourth-order valence-corrected chi connectivity index (χ4v) is 2.81. The molecule has 0 heterocycles. The molecule has 0 saturated carbocycles. The summed E-state index contributed by atoms with van der Waals surface area (Å²) in [4.78, 5) is 10.8. The second kappa shape index (κ2) is 11.3. The Labute approximate surface area is 104 Å². The predicted octanol–water partition coefficient (Wildman–Crippen LogP) is 4.19. The molecule has 2 nitrogen and oxygen atoms in total. The first kappa shape index (κ1) is 15.8. The van der Waals surface area contributed by atoms with Gasteiger partial charge in [0.1, 0.15) is 0 Å². The maximum Gasteiger partial charge on any atom is 0.307 e. The van der Waals surface area contributed by atoms with Crippen molar-refractivity contribution in [3.8, 4) is 0 Å². The molecule has 0 amide bonds. The molecule has 1 N–H and O–H groups in total. The van der Waals surface area contributed by atoms with Gasteiger partial charge in [0, 0.05) is 5.75 Å². The van der Waals surface area contributed by atoms with E-state index < -0.39 is 5.97 Å². The van der Waals surface area contributed by atoms with E-state index >= 15 is 0 Å². The van der Waals surface area contributed by atoms with Crippen LogP contribution in [0.25, 0.3) is 0 Å². The van der Waals surface area contributed by atoms with Crippen LogP contribution in [-0.4, -0.2) is 22.6 Å². The molecule has 0 aliphatic rings. The van der Waals surface area contributed by atoms with Crippen LogP contribution >= 0.6 is 11.8 Å². The van der Waals surface area contributed by atoms with E-state index in [1.165, 1.54) is 38.5 Å². The highest BCUT2D eigenvalue weighted by Crippen LogP contribution is 2.15. The minimum Gasteiger partial charge on any atom is -0.481 e. The molecular formula is C13H26O2S. The smallest absolute Gasteiger partial charge is 0.307 e. The van der Waals surface area contributed by atoms with E-state index in [0.717, 1.165) is 17.9 Å². The van der Waals surface area contributed by atoms with Gasteiger partial charge in [-0.05, 0) is 18.6 Å². The van der Waals surface area contributed by atoms with Crippen molar-refractivity contribution >= 4 is 17.7 Å². The van der Waals surface area contributed by atoms with Crippen molar-refractivity contribution in [3.05, 3.63) is 0 Å². The molecule has 0 fully saturated rings. The van der Waals surface area contributed by atoms with Gasteiger partial charge >= 0.3 is 5.97 Å². The normalized spacial score (nSPS) is 12.6. The Bertz CT molecular complexity index is 171. The summed E-state index contributed by atoms with van der Waals surface area (Å²) in [5, 5.41) is 8.86. The number of rotatable bonds is 11. The second-order valence-corrected chi connectivity index (χ2v) is 5.44. The minimum absolute atomic E-state index is 0.148. The molecule has 1 atom stereocenters. The summed E-state index contributed by atoms with van der Waals surface area (Å²) in [5.41, 5.74) is 0. The maximum atomic E-state index is 10.8. The van der Waals surface area contributed by atoms with Crippen LogP contribution in [0.2, 0.25) is 0 Å².